The molecular weight excluding hydrogens is 264 g/mol. The van der Waals surface area contributed by atoms with Crippen molar-refractivity contribution >= 4 is 0 Å². The number of ether oxygens (including phenoxy) is 1. The van der Waals surface area contributed by atoms with E-state index in [1.54, 1.807) is 12.7 Å². The van der Waals surface area contributed by atoms with Gasteiger partial charge >= 0.3 is 0 Å². The molecule has 1 fully saturated rings. The summed E-state index contributed by atoms with van der Waals surface area (Å²) in [5.74, 6) is 0.760. The second-order valence-electron chi connectivity index (χ2n) is 5.26. The van der Waals surface area contributed by atoms with Crippen LogP contribution in [0.4, 0.5) is 0 Å². The third kappa shape index (κ3) is 3.42. The van der Waals surface area contributed by atoms with Crippen LogP contribution in [0.2, 0.25) is 0 Å². The van der Waals surface area contributed by atoms with E-state index in [1.165, 1.54) is 0 Å². The van der Waals surface area contributed by atoms with Gasteiger partial charge in [0, 0.05) is 13.1 Å². The van der Waals surface area contributed by atoms with Crippen LogP contribution in [0.25, 0.3) is 0 Å². The Hall–Kier alpha value is -2.30. The molecule has 2 aromatic rings. The number of hydrogen-bond acceptors (Lipinski definition) is 4. The maximum atomic E-state index is 5.79. The van der Waals surface area contributed by atoms with Crippen LogP contribution in [0.3, 0.4) is 0 Å². The van der Waals surface area contributed by atoms with Gasteiger partial charge in [-0.05, 0) is 25.0 Å². The van der Waals surface area contributed by atoms with E-state index in [0.717, 1.165) is 37.4 Å². The van der Waals surface area contributed by atoms with Crippen LogP contribution in [-0.2, 0) is 11.3 Å². The van der Waals surface area contributed by atoms with Gasteiger partial charge in [0.1, 0.15) is 19.3 Å². The van der Waals surface area contributed by atoms with Gasteiger partial charge in [0.25, 0.3) is 0 Å². The quantitative estimate of drug-likeness (QED) is 0.792. The van der Waals surface area contributed by atoms with E-state index in [4.69, 9.17) is 4.74 Å². The van der Waals surface area contributed by atoms with Crippen molar-refractivity contribution < 1.29 is 4.74 Å². The van der Waals surface area contributed by atoms with Gasteiger partial charge < -0.3 is 9.64 Å². The second kappa shape index (κ2) is 6.43. The molecule has 21 heavy (non-hydrogen) atoms. The minimum absolute atomic E-state index is 0.436. The summed E-state index contributed by atoms with van der Waals surface area (Å²) >= 11 is 0. The Morgan fingerprint density at radius 2 is 2.00 bits per heavy atom. The molecule has 110 valence electrons. The molecular formula is C16H20N4O. The van der Waals surface area contributed by atoms with Crippen molar-refractivity contribution in [1.82, 2.24) is 19.7 Å². The standard InChI is InChI=1S/C16H20N4O/c1-14(21-11-15-5-3-2-4-6-15)19-9-7-16(8-10-19)20-13-17-12-18-20/h2-6,12-13,16H,1,7-11H2. The summed E-state index contributed by atoms with van der Waals surface area (Å²) in [6.07, 6.45) is 5.46. The normalized spacial score (nSPS) is 15.9. The molecule has 0 saturated carbocycles. The lowest BCUT2D eigenvalue weighted by Crippen LogP contribution is -2.34. The number of piperidine rings is 1. The highest BCUT2D eigenvalue weighted by atomic mass is 16.5. The van der Waals surface area contributed by atoms with E-state index in [1.807, 2.05) is 22.9 Å². The Morgan fingerprint density at radius 1 is 1.24 bits per heavy atom. The first-order valence-electron chi connectivity index (χ1n) is 7.27. The van der Waals surface area contributed by atoms with Crippen molar-refractivity contribution in [2.45, 2.75) is 25.5 Å². The molecule has 1 aromatic heterocycles. The summed E-state index contributed by atoms with van der Waals surface area (Å²) in [6.45, 7) is 6.51. The minimum Gasteiger partial charge on any atom is -0.475 e. The van der Waals surface area contributed by atoms with E-state index in [-0.39, 0.29) is 0 Å². The molecule has 0 aliphatic carbocycles. The van der Waals surface area contributed by atoms with Gasteiger partial charge in [0.15, 0.2) is 5.88 Å². The zero-order chi connectivity index (χ0) is 14.5. The first-order valence-corrected chi connectivity index (χ1v) is 7.27. The number of benzene rings is 1. The summed E-state index contributed by atoms with van der Waals surface area (Å²) < 4.78 is 7.74. The average molecular weight is 284 g/mol. The smallest absolute Gasteiger partial charge is 0.182 e. The largest absolute Gasteiger partial charge is 0.475 e. The van der Waals surface area contributed by atoms with Crippen LogP contribution in [0.1, 0.15) is 24.4 Å². The molecule has 0 amide bonds. The molecule has 5 heteroatoms. The van der Waals surface area contributed by atoms with Crippen molar-refractivity contribution in [1.29, 1.82) is 0 Å². The molecule has 0 N–H and O–H groups in total. The maximum absolute atomic E-state index is 5.79. The van der Waals surface area contributed by atoms with E-state index in [2.05, 4.69) is 33.7 Å². The van der Waals surface area contributed by atoms with Gasteiger partial charge in [-0.3, -0.25) is 0 Å². The fourth-order valence-corrected chi connectivity index (χ4v) is 2.62. The Kier molecular flexibility index (Phi) is 4.19. The van der Waals surface area contributed by atoms with Crippen molar-refractivity contribution in [3.8, 4) is 0 Å². The zero-order valence-electron chi connectivity index (χ0n) is 12.1. The Bertz CT molecular complexity index is 559. The lowest BCUT2D eigenvalue weighted by molar-refractivity contribution is 0.0802. The molecule has 3 rings (SSSR count). The first kappa shape index (κ1) is 13.7. The van der Waals surface area contributed by atoms with E-state index in [0.29, 0.717) is 12.6 Å². The highest BCUT2D eigenvalue weighted by Gasteiger charge is 2.22. The number of likely N-dealkylation sites (tertiary alicyclic amines) is 1. The highest BCUT2D eigenvalue weighted by Crippen LogP contribution is 2.23. The maximum Gasteiger partial charge on any atom is 0.182 e. The third-order valence-electron chi connectivity index (χ3n) is 3.88. The Balaban J connectivity index is 1.47. The van der Waals surface area contributed by atoms with Crippen molar-refractivity contribution in [2.75, 3.05) is 13.1 Å². The van der Waals surface area contributed by atoms with Crippen LogP contribution in [0, 0.1) is 0 Å². The lowest BCUT2D eigenvalue weighted by atomic mass is 10.1. The lowest BCUT2D eigenvalue weighted by Gasteiger charge is -2.33. The zero-order valence-corrected chi connectivity index (χ0v) is 12.1. The fourth-order valence-electron chi connectivity index (χ4n) is 2.62. The fraction of sp³-hybridized carbons (Fsp3) is 0.375. The average Bonchev–Trinajstić information content (AvgIpc) is 3.08. The van der Waals surface area contributed by atoms with Gasteiger partial charge in [-0.25, -0.2) is 9.67 Å². The van der Waals surface area contributed by atoms with Crippen molar-refractivity contribution in [3.63, 3.8) is 0 Å². The molecule has 0 bridgehead atoms. The van der Waals surface area contributed by atoms with Gasteiger partial charge in [-0.15, -0.1) is 0 Å². The van der Waals surface area contributed by atoms with E-state index >= 15 is 0 Å². The molecule has 0 atom stereocenters. The number of hydrogen-bond donors (Lipinski definition) is 0. The molecule has 0 radical (unpaired) electrons. The van der Waals surface area contributed by atoms with Gasteiger partial charge in [-0.2, -0.15) is 5.10 Å². The summed E-state index contributed by atoms with van der Waals surface area (Å²) in [6, 6.07) is 10.6. The minimum atomic E-state index is 0.436. The van der Waals surface area contributed by atoms with Crippen LogP contribution in [0.5, 0.6) is 0 Å². The molecule has 0 spiro atoms. The molecule has 0 unspecified atom stereocenters. The van der Waals surface area contributed by atoms with Crippen LogP contribution in [-0.4, -0.2) is 32.8 Å². The van der Waals surface area contributed by atoms with Crippen LogP contribution < -0.4 is 0 Å². The Labute approximate surface area is 124 Å². The SMILES string of the molecule is C=C(OCc1ccccc1)N1CCC(n2cncn2)CC1. The monoisotopic (exact) mass is 284 g/mol. The molecule has 1 aromatic carbocycles. The summed E-state index contributed by atoms with van der Waals surface area (Å²) in [7, 11) is 0. The molecule has 1 aliphatic rings. The summed E-state index contributed by atoms with van der Waals surface area (Å²) in [5, 5.41) is 4.22. The first-order chi connectivity index (χ1) is 10.3. The Morgan fingerprint density at radius 3 is 2.67 bits per heavy atom. The topological polar surface area (TPSA) is 43.2 Å². The molecule has 1 saturated heterocycles. The van der Waals surface area contributed by atoms with Gasteiger partial charge in [-0.1, -0.05) is 30.3 Å². The summed E-state index contributed by atoms with van der Waals surface area (Å²) in [4.78, 5) is 6.22. The van der Waals surface area contributed by atoms with Crippen molar-refractivity contribution in [3.05, 3.63) is 61.0 Å². The van der Waals surface area contributed by atoms with Crippen LogP contribution >= 0.6 is 0 Å². The predicted octanol–water partition coefficient (Wildman–Crippen LogP) is 2.60. The predicted molar refractivity (Wildman–Crippen MR) is 80.2 cm³/mol. The van der Waals surface area contributed by atoms with Gasteiger partial charge in [0.05, 0.1) is 6.04 Å². The molecule has 1 aliphatic heterocycles. The van der Waals surface area contributed by atoms with Gasteiger partial charge in [0.2, 0.25) is 0 Å². The molecule has 2 heterocycles. The second-order valence-corrected chi connectivity index (χ2v) is 5.26. The highest BCUT2D eigenvalue weighted by molar-refractivity contribution is 5.13. The summed E-state index contributed by atoms with van der Waals surface area (Å²) in [5.41, 5.74) is 1.16. The number of rotatable bonds is 5. The van der Waals surface area contributed by atoms with E-state index in [9.17, 15) is 0 Å². The number of aromatic nitrogens is 3. The third-order valence-corrected chi connectivity index (χ3v) is 3.88. The van der Waals surface area contributed by atoms with E-state index < -0.39 is 0 Å². The number of nitrogens with zero attached hydrogens (tertiary/aromatic N) is 4. The molecule has 5 nitrogen and oxygen atoms in total. The van der Waals surface area contributed by atoms with Crippen LogP contribution in [0.15, 0.2) is 55.4 Å². The van der Waals surface area contributed by atoms with Crippen molar-refractivity contribution in [2.24, 2.45) is 0 Å².